The predicted molar refractivity (Wildman–Crippen MR) is 80.4 cm³/mol. The van der Waals surface area contributed by atoms with Gasteiger partial charge in [-0.2, -0.15) is 0 Å². The van der Waals surface area contributed by atoms with E-state index in [4.69, 9.17) is 0 Å². The minimum Gasteiger partial charge on any atom is -0.469 e. The number of urea groups is 1. The van der Waals surface area contributed by atoms with Gasteiger partial charge < -0.3 is 15.2 Å². The van der Waals surface area contributed by atoms with E-state index in [0.717, 1.165) is 19.3 Å². The number of aromatic nitrogens is 1. The van der Waals surface area contributed by atoms with Crippen LogP contribution in [0.15, 0.2) is 18.2 Å². The molecular formula is C15H21N3O4. The molecule has 2 rings (SSSR count). The van der Waals surface area contributed by atoms with Crippen LogP contribution in [0.25, 0.3) is 0 Å². The van der Waals surface area contributed by atoms with Crippen molar-refractivity contribution < 1.29 is 19.4 Å². The number of carbonyl (C=O) groups is 2. The molecule has 2 amide bonds. The van der Waals surface area contributed by atoms with Gasteiger partial charge in [0.25, 0.3) is 0 Å². The summed E-state index contributed by atoms with van der Waals surface area (Å²) in [6.07, 6.45) is 3.25. The smallest absolute Gasteiger partial charge is 0.320 e. The van der Waals surface area contributed by atoms with Gasteiger partial charge in [-0.1, -0.05) is 6.07 Å². The minimum atomic E-state index is -0.605. The Bertz CT molecular complexity index is 543. The van der Waals surface area contributed by atoms with E-state index in [9.17, 15) is 14.7 Å². The molecule has 3 N–H and O–H groups in total. The number of nitrogens with zero attached hydrogens (tertiary/aromatic N) is 1. The Morgan fingerprint density at radius 2 is 2.18 bits per heavy atom. The van der Waals surface area contributed by atoms with E-state index < -0.39 is 5.60 Å². The highest BCUT2D eigenvalue weighted by molar-refractivity contribution is 5.88. The third-order valence-electron chi connectivity index (χ3n) is 3.76. The number of carbonyl (C=O) groups excluding carboxylic acids is 2. The van der Waals surface area contributed by atoms with E-state index in [0.29, 0.717) is 24.5 Å². The maximum atomic E-state index is 11.8. The first-order valence-corrected chi connectivity index (χ1v) is 7.31. The first kappa shape index (κ1) is 16.2. The van der Waals surface area contributed by atoms with Gasteiger partial charge >= 0.3 is 12.0 Å². The summed E-state index contributed by atoms with van der Waals surface area (Å²) in [4.78, 5) is 27.1. The molecule has 1 aliphatic carbocycles. The standard InChI is InChI=1S/C15H21N3O4/c1-22-13(19)10-11-4-2-5-12(17-11)18-14(20)16-9-8-15(21)6-3-7-15/h2,4-5,21H,3,6-10H2,1H3,(H2,16,17,18,20). The molecule has 7 nitrogen and oxygen atoms in total. The molecule has 1 aromatic rings. The van der Waals surface area contributed by atoms with Crippen molar-refractivity contribution in [3.63, 3.8) is 0 Å². The molecule has 1 heterocycles. The van der Waals surface area contributed by atoms with Crippen LogP contribution in [-0.2, 0) is 16.0 Å². The molecule has 0 unspecified atom stereocenters. The van der Waals surface area contributed by atoms with Gasteiger partial charge in [0.15, 0.2) is 0 Å². The summed E-state index contributed by atoms with van der Waals surface area (Å²) in [5.41, 5.74) is -0.0835. The molecule has 0 spiro atoms. The highest BCUT2D eigenvalue weighted by atomic mass is 16.5. The lowest BCUT2D eigenvalue weighted by Gasteiger charge is -2.36. The molecule has 1 fully saturated rings. The number of methoxy groups -OCH3 is 1. The molecular weight excluding hydrogens is 286 g/mol. The molecule has 120 valence electrons. The average molecular weight is 307 g/mol. The van der Waals surface area contributed by atoms with Crippen molar-refractivity contribution in [2.24, 2.45) is 0 Å². The maximum Gasteiger partial charge on any atom is 0.320 e. The fourth-order valence-electron chi connectivity index (χ4n) is 2.27. The largest absolute Gasteiger partial charge is 0.469 e. The molecule has 7 heteroatoms. The Hall–Kier alpha value is -2.15. The lowest BCUT2D eigenvalue weighted by molar-refractivity contribution is -0.139. The van der Waals surface area contributed by atoms with Crippen LogP contribution in [0.5, 0.6) is 0 Å². The van der Waals surface area contributed by atoms with Crippen LogP contribution >= 0.6 is 0 Å². The van der Waals surface area contributed by atoms with E-state index in [-0.39, 0.29) is 18.4 Å². The van der Waals surface area contributed by atoms with Crippen molar-refractivity contribution in [3.05, 3.63) is 23.9 Å². The van der Waals surface area contributed by atoms with E-state index in [1.165, 1.54) is 7.11 Å². The van der Waals surface area contributed by atoms with Crippen LogP contribution < -0.4 is 10.6 Å². The summed E-state index contributed by atoms with van der Waals surface area (Å²) in [7, 11) is 1.31. The van der Waals surface area contributed by atoms with Crippen molar-refractivity contribution >= 4 is 17.8 Å². The van der Waals surface area contributed by atoms with Gasteiger partial charge in [0.05, 0.1) is 24.8 Å². The Morgan fingerprint density at radius 1 is 1.41 bits per heavy atom. The van der Waals surface area contributed by atoms with Crippen molar-refractivity contribution in [2.45, 2.75) is 37.7 Å². The first-order chi connectivity index (χ1) is 10.5. The number of anilines is 1. The van der Waals surface area contributed by atoms with Crippen LogP contribution in [0, 0.1) is 0 Å². The third-order valence-corrected chi connectivity index (χ3v) is 3.76. The summed E-state index contributed by atoms with van der Waals surface area (Å²) in [5, 5.41) is 15.2. The van der Waals surface area contributed by atoms with Gasteiger partial charge in [-0.05, 0) is 37.8 Å². The van der Waals surface area contributed by atoms with Gasteiger partial charge in [0, 0.05) is 6.54 Å². The molecule has 1 aromatic heterocycles. The molecule has 0 radical (unpaired) electrons. The number of aliphatic hydroxyl groups is 1. The van der Waals surface area contributed by atoms with Crippen LogP contribution in [-0.4, -0.2) is 41.3 Å². The summed E-state index contributed by atoms with van der Waals surface area (Å²) < 4.78 is 4.57. The third kappa shape index (κ3) is 4.70. The SMILES string of the molecule is COC(=O)Cc1cccc(NC(=O)NCCC2(O)CCC2)n1. The summed E-state index contributed by atoms with van der Waals surface area (Å²) in [6.45, 7) is 0.407. The highest BCUT2D eigenvalue weighted by Crippen LogP contribution is 2.33. The van der Waals surface area contributed by atoms with Crippen molar-refractivity contribution in [1.29, 1.82) is 0 Å². The van der Waals surface area contributed by atoms with Gasteiger partial charge in [0.1, 0.15) is 5.82 Å². The molecule has 1 aliphatic rings. The fourth-order valence-corrected chi connectivity index (χ4v) is 2.27. The Balaban J connectivity index is 1.78. The molecule has 0 saturated heterocycles. The lowest BCUT2D eigenvalue weighted by Crippen LogP contribution is -2.41. The number of ether oxygens (including phenoxy) is 1. The van der Waals surface area contributed by atoms with E-state index in [1.54, 1.807) is 18.2 Å². The highest BCUT2D eigenvalue weighted by Gasteiger charge is 2.33. The zero-order valence-electron chi connectivity index (χ0n) is 12.6. The summed E-state index contributed by atoms with van der Waals surface area (Å²) in [5.74, 6) is -0.0240. The van der Waals surface area contributed by atoms with E-state index in [1.807, 2.05) is 0 Å². The summed E-state index contributed by atoms with van der Waals surface area (Å²) in [6, 6.07) is 4.65. The van der Waals surface area contributed by atoms with Gasteiger partial charge in [0.2, 0.25) is 0 Å². The normalized spacial score (nSPS) is 15.5. The average Bonchev–Trinajstić information content (AvgIpc) is 2.45. The van der Waals surface area contributed by atoms with Gasteiger partial charge in [-0.3, -0.25) is 10.1 Å². The zero-order valence-corrected chi connectivity index (χ0v) is 12.6. The molecule has 0 aliphatic heterocycles. The quantitative estimate of drug-likeness (QED) is 0.686. The number of nitrogens with one attached hydrogen (secondary N) is 2. The lowest BCUT2D eigenvalue weighted by atomic mass is 9.78. The molecule has 0 bridgehead atoms. The van der Waals surface area contributed by atoms with Crippen LogP contribution in [0.3, 0.4) is 0 Å². The zero-order chi connectivity index (χ0) is 16.0. The monoisotopic (exact) mass is 307 g/mol. The van der Waals surface area contributed by atoms with Crippen molar-refractivity contribution in [1.82, 2.24) is 10.3 Å². The Kier molecular flexibility index (Phi) is 5.32. The topological polar surface area (TPSA) is 101 Å². The minimum absolute atomic E-state index is 0.0562. The number of amides is 2. The number of pyridine rings is 1. The Morgan fingerprint density at radius 3 is 2.82 bits per heavy atom. The molecule has 0 aromatic carbocycles. The van der Waals surface area contributed by atoms with Crippen molar-refractivity contribution in [3.8, 4) is 0 Å². The number of rotatable bonds is 6. The van der Waals surface area contributed by atoms with Crippen LogP contribution in [0.1, 0.15) is 31.4 Å². The number of hydrogen-bond donors (Lipinski definition) is 3. The maximum absolute atomic E-state index is 11.8. The van der Waals surface area contributed by atoms with E-state index in [2.05, 4.69) is 20.4 Å². The molecule has 22 heavy (non-hydrogen) atoms. The fraction of sp³-hybridized carbons (Fsp3) is 0.533. The first-order valence-electron chi connectivity index (χ1n) is 7.31. The second-order valence-electron chi connectivity index (χ2n) is 5.48. The van der Waals surface area contributed by atoms with Crippen molar-refractivity contribution in [2.75, 3.05) is 19.0 Å². The molecule has 0 atom stereocenters. The molecule has 1 saturated carbocycles. The number of hydrogen-bond acceptors (Lipinski definition) is 5. The number of esters is 1. The second-order valence-corrected chi connectivity index (χ2v) is 5.48. The Labute approximate surface area is 129 Å². The predicted octanol–water partition coefficient (Wildman–Crippen LogP) is 1.22. The van der Waals surface area contributed by atoms with Crippen LogP contribution in [0.2, 0.25) is 0 Å². The van der Waals surface area contributed by atoms with Gasteiger partial charge in [-0.25, -0.2) is 9.78 Å². The second kappa shape index (κ2) is 7.22. The summed E-state index contributed by atoms with van der Waals surface area (Å²) >= 11 is 0. The van der Waals surface area contributed by atoms with Gasteiger partial charge in [-0.15, -0.1) is 0 Å². The van der Waals surface area contributed by atoms with E-state index >= 15 is 0 Å². The van der Waals surface area contributed by atoms with Crippen LogP contribution in [0.4, 0.5) is 10.6 Å².